The number of methoxy groups -OCH3 is 1. The van der Waals surface area contributed by atoms with E-state index in [0.29, 0.717) is 26.2 Å². The van der Waals surface area contributed by atoms with Gasteiger partial charge in [0.25, 0.3) is 5.91 Å². The van der Waals surface area contributed by atoms with Gasteiger partial charge in [-0.1, -0.05) is 0 Å². The van der Waals surface area contributed by atoms with Crippen LogP contribution in [-0.4, -0.2) is 86.4 Å². The Morgan fingerprint density at radius 3 is 1.82 bits per heavy atom. The average Bonchev–Trinajstić information content (AvgIpc) is 2.87. The molecule has 13 nitrogen and oxygen atoms in total. The predicted octanol–water partition coefficient (Wildman–Crippen LogP) is 2.48. The average molecular weight is 617 g/mol. The summed E-state index contributed by atoms with van der Waals surface area (Å²) in [6.45, 7) is 1.70. The van der Waals surface area contributed by atoms with Crippen molar-refractivity contribution in [3.05, 3.63) is 48.5 Å². The van der Waals surface area contributed by atoms with Crippen molar-refractivity contribution in [1.82, 2.24) is 10.4 Å². The van der Waals surface area contributed by atoms with Crippen molar-refractivity contribution in [2.45, 2.75) is 28.8 Å². The highest BCUT2D eigenvalue weighted by molar-refractivity contribution is 7.93. The number of likely N-dealkylation sites (tertiary alicyclic amines) is 1. The Balaban J connectivity index is 0.00000103. The van der Waals surface area contributed by atoms with Gasteiger partial charge in [0.1, 0.15) is 17.2 Å². The van der Waals surface area contributed by atoms with Crippen LogP contribution in [0.25, 0.3) is 0 Å². The van der Waals surface area contributed by atoms with Crippen molar-refractivity contribution < 1.29 is 63.3 Å². The molecule has 224 valence electrons. The minimum absolute atomic E-state index is 0.0178. The summed E-state index contributed by atoms with van der Waals surface area (Å²) in [6.07, 6.45) is -4.85. The number of hydroxylamine groups is 1. The lowest BCUT2D eigenvalue weighted by molar-refractivity contribution is -0.274. The van der Waals surface area contributed by atoms with E-state index in [1.807, 2.05) is 4.90 Å². The highest BCUT2D eigenvalue weighted by Gasteiger charge is 2.52. The number of halogens is 3. The number of nitrogens with zero attached hydrogens (tertiary/aromatic N) is 1. The highest BCUT2D eigenvalue weighted by Crippen LogP contribution is 2.37. The minimum Gasteiger partial charge on any atom is -0.457 e. The maximum Gasteiger partial charge on any atom is 0.573 e. The van der Waals surface area contributed by atoms with Crippen LogP contribution in [0.5, 0.6) is 17.2 Å². The topological polar surface area (TPSA) is 189 Å². The molecule has 1 aliphatic heterocycles. The molecule has 0 aromatic heterocycles. The van der Waals surface area contributed by atoms with Crippen LogP contribution in [0.3, 0.4) is 0 Å². The maximum absolute atomic E-state index is 13.5. The zero-order valence-electron chi connectivity index (χ0n) is 20.9. The minimum atomic E-state index is -4.81. The molecule has 3 rings (SSSR count). The number of nitrogens with one attached hydrogen (secondary N) is 1. The van der Waals surface area contributed by atoms with Crippen LogP contribution in [0.2, 0.25) is 0 Å². The van der Waals surface area contributed by atoms with Gasteiger partial charge in [-0.15, -0.1) is 13.2 Å². The van der Waals surface area contributed by atoms with Crippen LogP contribution >= 0.6 is 0 Å². The Labute approximate surface area is 227 Å². The second kappa shape index (κ2) is 13.6. The fraction of sp³-hybridized carbons (Fsp3) is 0.409. The molecule has 0 radical (unpaired) electrons. The number of ether oxygens (including phenoxy) is 3. The van der Waals surface area contributed by atoms with Crippen molar-refractivity contribution in [2.24, 2.45) is 0 Å². The van der Waals surface area contributed by atoms with Crippen LogP contribution < -0.4 is 15.0 Å². The lowest BCUT2D eigenvalue weighted by Crippen LogP contribution is -2.57. The molecule has 40 heavy (non-hydrogen) atoms. The number of hydrogen-bond donors (Lipinski definition) is 4. The first-order chi connectivity index (χ1) is 18.5. The first-order valence-corrected chi connectivity index (χ1v) is 14.1. The van der Waals surface area contributed by atoms with Gasteiger partial charge in [0.05, 0.1) is 11.5 Å². The van der Waals surface area contributed by atoms with E-state index in [2.05, 4.69) is 4.74 Å². The molecule has 0 saturated carbocycles. The quantitative estimate of drug-likeness (QED) is 0.183. The summed E-state index contributed by atoms with van der Waals surface area (Å²) in [4.78, 5) is 14.4. The predicted molar refractivity (Wildman–Crippen MR) is 131 cm³/mol. The second-order valence-corrected chi connectivity index (χ2v) is 11.5. The number of alkyl halides is 3. The third kappa shape index (κ3) is 9.58. The summed E-state index contributed by atoms with van der Waals surface area (Å²) >= 11 is 0. The largest absolute Gasteiger partial charge is 0.573 e. The molecule has 2 aromatic carbocycles. The van der Waals surface area contributed by atoms with Crippen molar-refractivity contribution >= 4 is 26.1 Å². The van der Waals surface area contributed by atoms with E-state index in [9.17, 15) is 31.6 Å². The number of hydrogen-bond acceptors (Lipinski definition) is 10. The lowest BCUT2D eigenvalue weighted by atomic mass is 9.95. The number of benzene rings is 2. The van der Waals surface area contributed by atoms with E-state index in [0.717, 1.165) is 12.1 Å². The molecule has 0 spiro atoms. The summed E-state index contributed by atoms with van der Waals surface area (Å²) in [5, 5.41) is 9.27. The molecule has 0 bridgehead atoms. The van der Waals surface area contributed by atoms with Crippen LogP contribution in [0.1, 0.15) is 12.8 Å². The van der Waals surface area contributed by atoms with E-state index in [-0.39, 0.29) is 29.2 Å². The molecule has 1 heterocycles. The molecular weight excluding hydrogens is 589 g/mol. The first kappa shape index (κ1) is 33.2. The fourth-order valence-electron chi connectivity index (χ4n) is 3.84. The molecule has 1 saturated heterocycles. The summed E-state index contributed by atoms with van der Waals surface area (Å²) in [5.41, 5.74) is 1.51. The fourth-order valence-corrected chi connectivity index (χ4v) is 5.79. The Hall–Kier alpha value is -3.00. The standard InChI is InChI=1S/C22H25F3N2O7S.H2O4S/c1-32-15-14-27-12-10-21(11-13-27,20(28)26-29)35(30,31)19-8-6-17(7-9-19)33-16-2-4-18(5-3-16)34-22(23,24)25;1-5(2,3)4/h2-9,29H,10-15H2,1H3,(H,26,28);(H2,1,2,3,4). The van der Waals surface area contributed by atoms with E-state index in [1.54, 1.807) is 7.11 Å². The number of carbonyl (C=O) groups excluding carboxylic acids is 1. The Morgan fingerprint density at radius 2 is 1.40 bits per heavy atom. The van der Waals surface area contributed by atoms with Gasteiger partial charge in [-0.3, -0.25) is 19.1 Å². The lowest BCUT2D eigenvalue weighted by Gasteiger charge is -2.39. The third-order valence-electron chi connectivity index (χ3n) is 5.73. The van der Waals surface area contributed by atoms with E-state index in [4.69, 9.17) is 27.0 Å². The Bertz CT molecular complexity index is 1320. The van der Waals surface area contributed by atoms with Gasteiger partial charge in [-0.2, -0.15) is 8.42 Å². The number of sulfone groups is 1. The van der Waals surface area contributed by atoms with Crippen molar-refractivity contribution in [3.63, 3.8) is 0 Å². The van der Waals surface area contributed by atoms with E-state index >= 15 is 0 Å². The number of carbonyl (C=O) groups is 1. The molecule has 1 aliphatic rings. The highest BCUT2D eigenvalue weighted by atomic mass is 32.3. The molecule has 0 aliphatic carbocycles. The normalized spacial score (nSPS) is 15.9. The molecule has 0 unspecified atom stereocenters. The third-order valence-corrected chi connectivity index (χ3v) is 8.25. The second-order valence-electron chi connectivity index (χ2n) is 8.31. The van der Waals surface area contributed by atoms with Gasteiger partial charge in [-0.05, 0) is 61.4 Å². The molecule has 2 aromatic rings. The number of piperidine rings is 1. The SMILES string of the molecule is COCCN1CCC(C(=O)NO)(S(=O)(=O)c2ccc(Oc3ccc(OC(F)(F)F)cc3)cc2)CC1.O=S(=O)(O)O. The number of rotatable bonds is 9. The monoisotopic (exact) mass is 616 g/mol. The van der Waals surface area contributed by atoms with Crippen LogP contribution in [-0.2, 0) is 29.8 Å². The van der Waals surface area contributed by atoms with Crippen molar-refractivity contribution in [1.29, 1.82) is 0 Å². The van der Waals surface area contributed by atoms with Gasteiger partial charge in [-0.25, -0.2) is 13.9 Å². The summed E-state index contributed by atoms with van der Waals surface area (Å²) in [7, 11) is -7.31. The summed E-state index contributed by atoms with van der Waals surface area (Å²) in [6, 6.07) is 9.98. The molecule has 0 atom stereocenters. The molecule has 1 amide bonds. The molecular formula is C22H27F3N2O11S2. The van der Waals surface area contributed by atoms with Gasteiger partial charge in [0.15, 0.2) is 14.6 Å². The summed E-state index contributed by atoms with van der Waals surface area (Å²) in [5.74, 6) is -0.976. The van der Waals surface area contributed by atoms with Crippen LogP contribution in [0, 0.1) is 0 Å². The molecule has 1 fully saturated rings. The first-order valence-electron chi connectivity index (χ1n) is 11.2. The van der Waals surface area contributed by atoms with Crippen LogP contribution in [0.4, 0.5) is 13.2 Å². The van der Waals surface area contributed by atoms with Gasteiger partial charge < -0.3 is 19.1 Å². The molecule has 18 heteroatoms. The van der Waals surface area contributed by atoms with Gasteiger partial charge in [0.2, 0.25) is 0 Å². The molecule has 4 N–H and O–H groups in total. The summed E-state index contributed by atoms with van der Waals surface area (Å²) < 4.78 is 108. The van der Waals surface area contributed by atoms with Crippen molar-refractivity contribution in [2.75, 3.05) is 33.4 Å². The van der Waals surface area contributed by atoms with Gasteiger partial charge >= 0.3 is 16.8 Å². The zero-order chi connectivity index (χ0) is 30.2. The Kier molecular flexibility index (Phi) is 11.3. The maximum atomic E-state index is 13.5. The van der Waals surface area contributed by atoms with Crippen LogP contribution in [0.15, 0.2) is 53.4 Å². The van der Waals surface area contributed by atoms with E-state index in [1.165, 1.54) is 41.9 Å². The van der Waals surface area contributed by atoms with Crippen molar-refractivity contribution in [3.8, 4) is 17.2 Å². The van der Waals surface area contributed by atoms with E-state index < -0.39 is 43.0 Å². The Morgan fingerprint density at radius 1 is 0.950 bits per heavy atom. The van der Waals surface area contributed by atoms with Gasteiger partial charge in [0, 0.05) is 26.7 Å². The smallest absolute Gasteiger partial charge is 0.457 e. The zero-order valence-corrected chi connectivity index (χ0v) is 22.5. The number of amides is 1.